The van der Waals surface area contributed by atoms with E-state index in [1.54, 1.807) is 16.8 Å². The molecule has 1 atom stereocenters. The van der Waals surface area contributed by atoms with Gasteiger partial charge in [0, 0.05) is 25.4 Å². The van der Waals surface area contributed by atoms with Crippen molar-refractivity contribution in [3.05, 3.63) is 34.7 Å². The Balaban J connectivity index is 2.09. The highest BCUT2D eigenvalue weighted by Gasteiger charge is 2.45. The third-order valence-corrected chi connectivity index (χ3v) is 4.12. The Morgan fingerprint density at radius 2 is 2.21 bits per heavy atom. The third kappa shape index (κ3) is 2.56. The van der Waals surface area contributed by atoms with Gasteiger partial charge in [-0.15, -0.1) is 0 Å². The molecule has 1 aliphatic rings. The van der Waals surface area contributed by atoms with Crippen molar-refractivity contribution >= 4 is 5.97 Å². The molecule has 0 spiro atoms. The first-order chi connectivity index (χ1) is 9.10. The van der Waals surface area contributed by atoms with E-state index >= 15 is 0 Å². The van der Waals surface area contributed by atoms with Crippen LogP contribution in [0, 0.1) is 0 Å². The van der Waals surface area contributed by atoms with Gasteiger partial charge in [-0.3, -0.25) is 14.5 Å². The number of carboxylic acid groups (broad SMARTS) is 1. The van der Waals surface area contributed by atoms with E-state index in [1.807, 2.05) is 17.9 Å². The highest BCUT2D eigenvalue weighted by molar-refractivity contribution is 5.79. The first-order valence-corrected chi connectivity index (χ1v) is 6.74. The predicted molar refractivity (Wildman–Crippen MR) is 72.2 cm³/mol. The van der Waals surface area contributed by atoms with Crippen molar-refractivity contribution in [1.29, 1.82) is 0 Å². The summed E-state index contributed by atoms with van der Waals surface area (Å²) in [4.78, 5) is 25.2. The Hall–Kier alpha value is -1.62. The first kappa shape index (κ1) is 13.8. The van der Waals surface area contributed by atoms with Crippen LogP contribution in [0.1, 0.15) is 26.2 Å². The Labute approximate surface area is 112 Å². The van der Waals surface area contributed by atoms with Crippen molar-refractivity contribution in [2.45, 2.75) is 38.3 Å². The van der Waals surface area contributed by atoms with Crippen LogP contribution in [-0.2, 0) is 11.3 Å². The Kier molecular flexibility index (Phi) is 4.04. The lowest BCUT2D eigenvalue weighted by Crippen LogP contribution is -2.51. The van der Waals surface area contributed by atoms with Crippen LogP contribution in [0.3, 0.4) is 0 Å². The molecule has 1 fully saturated rings. The Bertz CT molecular complexity index is 511. The van der Waals surface area contributed by atoms with Gasteiger partial charge in [0.05, 0.1) is 0 Å². The number of rotatable bonds is 5. The quantitative estimate of drug-likeness (QED) is 0.867. The maximum atomic E-state index is 11.6. The second kappa shape index (κ2) is 5.57. The highest BCUT2D eigenvalue weighted by Crippen LogP contribution is 2.32. The zero-order chi connectivity index (χ0) is 13.9. The molecule has 1 saturated heterocycles. The minimum atomic E-state index is -0.743. The number of hydrogen-bond acceptors (Lipinski definition) is 3. The number of hydrogen-bond donors (Lipinski definition) is 1. The van der Waals surface area contributed by atoms with Crippen molar-refractivity contribution in [1.82, 2.24) is 9.47 Å². The minimum absolute atomic E-state index is 0.0425. The zero-order valence-electron chi connectivity index (χ0n) is 11.2. The van der Waals surface area contributed by atoms with E-state index in [9.17, 15) is 14.7 Å². The van der Waals surface area contributed by atoms with E-state index in [-0.39, 0.29) is 5.56 Å². The molecule has 1 aromatic heterocycles. The fraction of sp³-hybridized carbons (Fsp3) is 0.571. The maximum absolute atomic E-state index is 11.6. The Morgan fingerprint density at radius 3 is 2.84 bits per heavy atom. The molecule has 0 radical (unpaired) electrons. The van der Waals surface area contributed by atoms with Crippen LogP contribution in [0.5, 0.6) is 0 Å². The van der Waals surface area contributed by atoms with Gasteiger partial charge in [-0.2, -0.15) is 0 Å². The topological polar surface area (TPSA) is 62.5 Å². The number of carbonyl (C=O) groups is 1. The molecule has 104 valence electrons. The molecule has 1 aromatic rings. The smallest absolute Gasteiger partial charge is 0.324 e. The number of likely N-dealkylation sites (tertiary alicyclic amines) is 1. The van der Waals surface area contributed by atoms with Gasteiger partial charge in [-0.1, -0.05) is 13.0 Å². The molecule has 0 bridgehead atoms. The monoisotopic (exact) mass is 264 g/mol. The molecule has 1 N–H and O–H groups in total. The van der Waals surface area contributed by atoms with Crippen LogP contribution in [0.4, 0.5) is 0 Å². The minimum Gasteiger partial charge on any atom is -0.480 e. The SMILES string of the molecule is CCC1(C(=O)O)CCCN1CCn1ccccc1=O. The molecule has 2 rings (SSSR count). The van der Waals surface area contributed by atoms with E-state index in [4.69, 9.17) is 0 Å². The summed E-state index contributed by atoms with van der Waals surface area (Å²) in [5.41, 5.74) is -0.780. The molecule has 0 aromatic carbocycles. The molecular formula is C14H20N2O3. The molecule has 5 nitrogen and oxygen atoms in total. The van der Waals surface area contributed by atoms with Crippen LogP contribution in [-0.4, -0.2) is 39.2 Å². The molecule has 1 aliphatic heterocycles. The van der Waals surface area contributed by atoms with Crippen molar-refractivity contribution in [3.63, 3.8) is 0 Å². The van der Waals surface area contributed by atoms with E-state index in [0.29, 0.717) is 25.9 Å². The molecule has 2 heterocycles. The van der Waals surface area contributed by atoms with Crippen LogP contribution in [0.25, 0.3) is 0 Å². The second-order valence-corrected chi connectivity index (χ2v) is 5.01. The summed E-state index contributed by atoms with van der Waals surface area (Å²) >= 11 is 0. The summed E-state index contributed by atoms with van der Waals surface area (Å²) in [5, 5.41) is 9.48. The molecule has 0 aliphatic carbocycles. The summed E-state index contributed by atoms with van der Waals surface area (Å²) in [7, 11) is 0. The van der Waals surface area contributed by atoms with E-state index in [0.717, 1.165) is 13.0 Å². The van der Waals surface area contributed by atoms with Crippen molar-refractivity contribution in [3.8, 4) is 0 Å². The summed E-state index contributed by atoms with van der Waals surface area (Å²) in [5.74, 6) is -0.743. The lowest BCUT2D eigenvalue weighted by molar-refractivity contribution is -0.150. The third-order valence-electron chi connectivity index (χ3n) is 4.12. The lowest BCUT2D eigenvalue weighted by atomic mass is 9.93. The molecule has 0 amide bonds. The van der Waals surface area contributed by atoms with Gasteiger partial charge < -0.3 is 9.67 Å². The molecule has 1 unspecified atom stereocenters. The van der Waals surface area contributed by atoms with E-state index in [1.165, 1.54) is 6.07 Å². The predicted octanol–water partition coefficient (Wildman–Crippen LogP) is 1.18. The standard InChI is InChI=1S/C14H20N2O3/c1-2-14(13(18)19)7-5-9-16(14)11-10-15-8-4-3-6-12(15)17/h3-4,6,8H,2,5,7,9-11H2,1H3,(H,18,19). The first-order valence-electron chi connectivity index (χ1n) is 6.74. The normalized spacial score (nSPS) is 23.6. The van der Waals surface area contributed by atoms with Gasteiger partial charge in [0.2, 0.25) is 0 Å². The highest BCUT2D eigenvalue weighted by atomic mass is 16.4. The van der Waals surface area contributed by atoms with Crippen molar-refractivity contribution in [2.24, 2.45) is 0 Å². The average Bonchev–Trinajstić information content (AvgIpc) is 2.82. The van der Waals surface area contributed by atoms with Crippen LogP contribution in [0.15, 0.2) is 29.2 Å². The zero-order valence-corrected chi connectivity index (χ0v) is 11.2. The van der Waals surface area contributed by atoms with Gasteiger partial charge >= 0.3 is 5.97 Å². The van der Waals surface area contributed by atoms with Gasteiger partial charge in [-0.25, -0.2) is 0 Å². The summed E-state index contributed by atoms with van der Waals surface area (Å²) in [6.45, 7) is 3.85. The largest absolute Gasteiger partial charge is 0.480 e. The summed E-state index contributed by atoms with van der Waals surface area (Å²) < 4.78 is 1.63. The molecule has 19 heavy (non-hydrogen) atoms. The van der Waals surface area contributed by atoms with Crippen molar-refractivity contribution < 1.29 is 9.90 Å². The average molecular weight is 264 g/mol. The second-order valence-electron chi connectivity index (χ2n) is 5.01. The number of pyridine rings is 1. The Morgan fingerprint density at radius 1 is 1.42 bits per heavy atom. The van der Waals surface area contributed by atoms with Crippen LogP contribution < -0.4 is 5.56 Å². The number of nitrogens with zero attached hydrogens (tertiary/aromatic N) is 2. The fourth-order valence-corrected chi connectivity index (χ4v) is 2.93. The van der Waals surface area contributed by atoms with Gasteiger partial charge in [0.1, 0.15) is 5.54 Å². The van der Waals surface area contributed by atoms with Gasteiger partial charge in [0.25, 0.3) is 5.56 Å². The molecule has 5 heteroatoms. The number of aliphatic carboxylic acids is 1. The lowest BCUT2D eigenvalue weighted by Gasteiger charge is -2.33. The van der Waals surface area contributed by atoms with Crippen molar-refractivity contribution in [2.75, 3.05) is 13.1 Å². The number of aromatic nitrogens is 1. The summed E-state index contributed by atoms with van der Waals surface area (Å²) in [6, 6.07) is 5.05. The molecular weight excluding hydrogens is 244 g/mol. The van der Waals surface area contributed by atoms with Gasteiger partial charge in [-0.05, 0) is 31.9 Å². The van der Waals surface area contributed by atoms with Gasteiger partial charge in [0.15, 0.2) is 0 Å². The van der Waals surface area contributed by atoms with Crippen LogP contribution in [0.2, 0.25) is 0 Å². The van der Waals surface area contributed by atoms with Crippen LogP contribution >= 0.6 is 0 Å². The fourth-order valence-electron chi connectivity index (χ4n) is 2.93. The summed E-state index contributed by atoms with van der Waals surface area (Å²) in [6.07, 6.45) is 3.95. The number of carboxylic acids is 1. The van der Waals surface area contributed by atoms with E-state index in [2.05, 4.69) is 0 Å². The molecule has 0 saturated carbocycles. The maximum Gasteiger partial charge on any atom is 0.324 e. The van der Waals surface area contributed by atoms with E-state index < -0.39 is 11.5 Å².